The van der Waals surface area contributed by atoms with Gasteiger partial charge in [0.2, 0.25) is 5.95 Å². The van der Waals surface area contributed by atoms with Crippen LogP contribution in [0.5, 0.6) is 0 Å². The molecular formula is C11H19N3. The van der Waals surface area contributed by atoms with Gasteiger partial charge < -0.3 is 5.73 Å². The molecule has 0 fully saturated rings. The smallest absolute Gasteiger partial charge is 0.220 e. The number of nitrogens with zero attached hydrogens (tertiary/aromatic N) is 2. The van der Waals surface area contributed by atoms with Gasteiger partial charge in [-0.2, -0.15) is 0 Å². The van der Waals surface area contributed by atoms with Gasteiger partial charge in [0.1, 0.15) is 0 Å². The predicted octanol–water partition coefficient (Wildman–Crippen LogP) is 2.48. The highest BCUT2D eigenvalue weighted by Crippen LogP contribution is 2.23. The summed E-state index contributed by atoms with van der Waals surface area (Å²) in [7, 11) is 0. The van der Waals surface area contributed by atoms with E-state index in [0.717, 1.165) is 11.4 Å². The van der Waals surface area contributed by atoms with Crippen molar-refractivity contribution < 1.29 is 0 Å². The summed E-state index contributed by atoms with van der Waals surface area (Å²) in [5, 5.41) is 0. The third-order valence-electron chi connectivity index (χ3n) is 2.12. The van der Waals surface area contributed by atoms with E-state index in [0.29, 0.717) is 11.9 Å². The van der Waals surface area contributed by atoms with Crippen LogP contribution >= 0.6 is 0 Å². The van der Waals surface area contributed by atoms with Gasteiger partial charge in [-0.05, 0) is 12.0 Å². The maximum Gasteiger partial charge on any atom is 0.220 e. The molecule has 0 unspecified atom stereocenters. The molecule has 0 saturated carbocycles. The molecule has 2 N–H and O–H groups in total. The molecule has 14 heavy (non-hydrogen) atoms. The molecule has 0 amide bonds. The predicted molar refractivity (Wildman–Crippen MR) is 59.2 cm³/mol. The van der Waals surface area contributed by atoms with Crippen LogP contribution in [0.15, 0.2) is 6.07 Å². The number of aromatic nitrogens is 2. The first-order valence-electron chi connectivity index (χ1n) is 4.95. The van der Waals surface area contributed by atoms with Crippen molar-refractivity contribution in [2.45, 2.75) is 46.0 Å². The van der Waals surface area contributed by atoms with E-state index < -0.39 is 0 Å². The van der Waals surface area contributed by atoms with Gasteiger partial charge in [0, 0.05) is 11.1 Å². The Morgan fingerprint density at radius 3 is 2.21 bits per heavy atom. The SMILES string of the molecule is CC(C)c1cc(C(C)(C)C)nc(N)n1. The van der Waals surface area contributed by atoms with Gasteiger partial charge in [-0.1, -0.05) is 34.6 Å². The van der Waals surface area contributed by atoms with E-state index in [1.165, 1.54) is 0 Å². The van der Waals surface area contributed by atoms with Crippen molar-refractivity contribution in [2.24, 2.45) is 0 Å². The second-order valence-corrected chi connectivity index (χ2v) is 4.94. The van der Waals surface area contributed by atoms with Crippen molar-refractivity contribution in [3.05, 3.63) is 17.5 Å². The monoisotopic (exact) mass is 193 g/mol. The fraction of sp³-hybridized carbons (Fsp3) is 0.636. The highest BCUT2D eigenvalue weighted by Gasteiger charge is 2.17. The van der Waals surface area contributed by atoms with E-state index >= 15 is 0 Å². The maximum atomic E-state index is 5.67. The molecule has 78 valence electrons. The van der Waals surface area contributed by atoms with Gasteiger partial charge in [-0.15, -0.1) is 0 Å². The lowest BCUT2D eigenvalue weighted by Gasteiger charge is -2.19. The van der Waals surface area contributed by atoms with Crippen LogP contribution in [0.2, 0.25) is 0 Å². The Balaban J connectivity index is 3.21. The quantitative estimate of drug-likeness (QED) is 0.745. The first kappa shape index (κ1) is 11.0. The topological polar surface area (TPSA) is 51.8 Å². The normalized spacial score (nSPS) is 12.1. The number of nitrogen functional groups attached to an aromatic ring is 1. The van der Waals surface area contributed by atoms with Crippen molar-refractivity contribution >= 4 is 5.95 Å². The van der Waals surface area contributed by atoms with Gasteiger partial charge in [-0.25, -0.2) is 9.97 Å². The third-order valence-corrected chi connectivity index (χ3v) is 2.12. The Hall–Kier alpha value is -1.12. The number of anilines is 1. The molecule has 0 aliphatic rings. The van der Waals surface area contributed by atoms with E-state index in [-0.39, 0.29) is 5.41 Å². The van der Waals surface area contributed by atoms with Crippen LogP contribution in [0.1, 0.15) is 51.9 Å². The van der Waals surface area contributed by atoms with Crippen LogP contribution in [0, 0.1) is 0 Å². The summed E-state index contributed by atoms with van der Waals surface area (Å²) in [4.78, 5) is 8.47. The van der Waals surface area contributed by atoms with Gasteiger partial charge >= 0.3 is 0 Å². The maximum absolute atomic E-state index is 5.67. The molecule has 0 bridgehead atoms. The zero-order valence-electron chi connectivity index (χ0n) is 9.63. The Morgan fingerprint density at radius 1 is 1.21 bits per heavy atom. The number of hydrogen-bond donors (Lipinski definition) is 1. The molecule has 0 saturated heterocycles. The Bertz CT molecular complexity index is 324. The fourth-order valence-corrected chi connectivity index (χ4v) is 1.17. The molecule has 0 atom stereocenters. The molecule has 1 aromatic heterocycles. The van der Waals surface area contributed by atoms with Crippen LogP contribution in [-0.4, -0.2) is 9.97 Å². The summed E-state index contributed by atoms with van der Waals surface area (Å²) in [5.41, 5.74) is 7.72. The van der Waals surface area contributed by atoms with Gasteiger partial charge in [0.25, 0.3) is 0 Å². The van der Waals surface area contributed by atoms with Crippen molar-refractivity contribution in [1.82, 2.24) is 9.97 Å². The lowest BCUT2D eigenvalue weighted by atomic mass is 9.91. The van der Waals surface area contributed by atoms with Gasteiger partial charge in [0.15, 0.2) is 0 Å². The highest BCUT2D eigenvalue weighted by atomic mass is 15.0. The van der Waals surface area contributed by atoms with E-state index in [4.69, 9.17) is 5.73 Å². The average Bonchev–Trinajstić information content (AvgIpc) is 2.01. The molecule has 1 rings (SSSR count). The average molecular weight is 193 g/mol. The zero-order valence-corrected chi connectivity index (χ0v) is 9.63. The van der Waals surface area contributed by atoms with Gasteiger partial charge in [-0.3, -0.25) is 0 Å². The second kappa shape index (κ2) is 3.56. The number of nitrogens with two attached hydrogens (primary N) is 1. The lowest BCUT2D eigenvalue weighted by molar-refractivity contribution is 0.565. The summed E-state index contributed by atoms with van der Waals surface area (Å²) in [6.45, 7) is 10.6. The molecule has 3 nitrogen and oxygen atoms in total. The largest absolute Gasteiger partial charge is 0.368 e. The standard InChI is InChI=1S/C11H19N3/c1-7(2)8-6-9(11(3,4)5)14-10(12)13-8/h6-7H,1-5H3,(H2,12,13,14). The van der Waals surface area contributed by atoms with Crippen molar-refractivity contribution in [2.75, 3.05) is 5.73 Å². The minimum Gasteiger partial charge on any atom is -0.368 e. The Labute approximate surface area is 85.8 Å². The van der Waals surface area contributed by atoms with Crippen LogP contribution in [-0.2, 0) is 5.41 Å². The van der Waals surface area contributed by atoms with E-state index in [1.807, 2.05) is 6.07 Å². The van der Waals surface area contributed by atoms with Crippen LogP contribution in [0.4, 0.5) is 5.95 Å². The first-order valence-corrected chi connectivity index (χ1v) is 4.95. The molecule has 1 aromatic rings. The molecule has 0 aliphatic heterocycles. The molecule has 0 radical (unpaired) electrons. The minimum absolute atomic E-state index is 0.0285. The van der Waals surface area contributed by atoms with E-state index in [9.17, 15) is 0 Å². The Kier molecular flexibility index (Phi) is 2.79. The summed E-state index contributed by atoms with van der Waals surface area (Å²) in [6, 6.07) is 2.04. The molecule has 3 heteroatoms. The summed E-state index contributed by atoms with van der Waals surface area (Å²) < 4.78 is 0. The van der Waals surface area contributed by atoms with E-state index in [1.54, 1.807) is 0 Å². The van der Waals surface area contributed by atoms with Crippen LogP contribution < -0.4 is 5.73 Å². The summed E-state index contributed by atoms with van der Waals surface area (Å²) in [5.74, 6) is 0.766. The van der Waals surface area contributed by atoms with E-state index in [2.05, 4.69) is 44.6 Å². The second-order valence-electron chi connectivity index (χ2n) is 4.94. The van der Waals surface area contributed by atoms with Gasteiger partial charge in [0.05, 0.1) is 5.69 Å². The summed E-state index contributed by atoms with van der Waals surface area (Å²) in [6.07, 6.45) is 0. The fourth-order valence-electron chi connectivity index (χ4n) is 1.17. The highest BCUT2D eigenvalue weighted by molar-refractivity contribution is 5.27. The van der Waals surface area contributed by atoms with Crippen LogP contribution in [0.3, 0.4) is 0 Å². The number of hydrogen-bond acceptors (Lipinski definition) is 3. The molecule has 1 heterocycles. The zero-order chi connectivity index (χ0) is 10.9. The lowest BCUT2D eigenvalue weighted by Crippen LogP contribution is -2.16. The number of rotatable bonds is 1. The third kappa shape index (κ3) is 2.44. The van der Waals surface area contributed by atoms with Crippen molar-refractivity contribution in [3.63, 3.8) is 0 Å². The van der Waals surface area contributed by atoms with Crippen molar-refractivity contribution in [3.8, 4) is 0 Å². The molecule has 0 spiro atoms. The molecular weight excluding hydrogens is 174 g/mol. The minimum atomic E-state index is 0.0285. The first-order chi connectivity index (χ1) is 6.30. The Morgan fingerprint density at radius 2 is 1.79 bits per heavy atom. The molecule has 0 aromatic carbocycles. The van der Waals surface area contributed by atoms with Crippen LogP contribution in [0.25, 0.3) is 0 Å². The van der Waals surface area contributed by atoms with Crippen molar-refractivity contribution in [1.29, 1.82) is 0 Å². The summed E-state index contributed by atoms with van der Waals surface area (Å²) >= 11 is 0. The molecule has 0 aliphatic carbocycles.